The number of rotatable bonds is 3. The van der Waals surface area contributed by atoms with E-state index in [0.29, 0.717) is 12.3 Å². The van der Waals surface area contributed by atoms with E-state index in [1.807, 2.05) is 0 Å². The zero-order chi connectivity index (χ0) is 19.3. The molecule has 6 atom stereocenters. The third kappa shape index (κ3) is 2.73. The Balaban J connectivity index is 1.99. The van der Waals surface area contributed by atoms with Crippen molar-refractivity contribution in [1.82, 2.24) is 0 Å². The van der Waals surface area contributed by atoms with E-state index in [9.17, 15) is 14.7 Å². The summed E-state index contributed by atoms with van der Waals surface area (Å²) in [7, 11) is 0. The second-order valence-corrected chi connectivity index (χ2v) is 9.42. The first-order valence-corrected chi connectivity index (χ1v) is 9.80. The lowest BCUT2D eigenvalue weighted by Crippen LogP contribution is -2.60. The van der Waals surface area contributed by atoms with Gasteiger partial charge in [-0.3, -0.25) is 9.59 Å². The van der Waals surface area contributed by atoms with Crippen LogP contribution in [-0.4, -0.2) is 23.1 Å². The second-order valence-electron chi connectivity index (χ2n) is 9.42. The fourth-order valence-electron chi connectivity index (χ4n) is 6.17. The predicted octanol–water partition coefficient (Wildman–Crippen LogP) is 4.75. The molecule has 0 aliphatic heterocycles. The van der Waals surface area contributed by atoms with Crippen molar-refractivity contribution >= 4 is 11.9 Å². The predicted molar refractivity (Wildman–Crippen MR) is 100 cm³/mol. The number of hydrogen-bond donors (Lipinski definition) is 1. The number of hydrogen-bond acceptors (Lipinski definition) is 3. The molecule has 2 saturated carbocycles. The molecule has 144 valence electrons. The third-order valence-electron chi connectivity index (χ3n) is 7.87. The Kier molecular flexibility index (Phi) is 4.61. The molecule has 26 heavy (non-hydrogen) atoms. The zero-order valence-corrected chi connectivity index (χ0v) is 16.5. The summed E-state index contributed by atoms with van der Waals surface area (Å²) in [5.41, 5.74) is 0.531. The lowest BCUT2D eigenvalue weighted by Gasteiger charge is -2.60. The van der Waals surface area contributed by atoms with Gasteiger partial charge in [-0.15, -0.1) is 6.58 Å². The number of ether oxygens (including phenoxy) is 1. The van der Waals surface area contributed by atoms with Crippen LogP contribution in [0.1, 0.15) is 66.2 Å². The van der Waals surface area contributed by atoms with Crippen molar-refractivity contribution in [3.63, 3.8) is 0 Å². The van der Waals surface area contributed by atoms with E-state index < -0.39 is 23.5 Å². The van der Waals surface area contributed by atoms with Gasteiger partial charge in [-0.25, -0.2) is 0 Å². The SMILES string of the molecule is C=C[C@@]1(C)CC[C@H]2C(=CC[C@@H]3[C@]2(C)CC[C@H](OC(C)=O)[C@]3(C)C(=O)O)C1. The molecule has 0 bridgehead atoms. The van der Waals surface area contributed by atoms with E-state index in [1.165, 1.54) is 12.5 Å². The van der Waals surface area contributed by atoms with Gasteiger partial charge in [-0.1, -0.05) is 31.6 Å². The molecule has 4 heteroatoms. The molecule has 0 spiro atoms. The summed E-state index contributed by atoms with van der Waals surface area (Å²) in [6.07, 6.45) is 9.30. The van der Waals surface area contributed by atoms with E-state index in [-0.39, 0.29) is 16.7 Å². The molecule has 0 aromatic rings. The monoisotopic (exact) mass is 360 g/mol. The van der Waals surface area contributed by atoms with Gasteiger partial charge in [0.2, 0.25) is 0 Å². The maximum Gasteiger partial charge on any atom is 0.313 e. The van der Waals surface area contributed by atoms with Crippen molar-refractivity contribution in [2.24, 2.45) is 28.1 Å². The topological polar surface area (TPSA) is 63.6 Å². The number of carboxylic acids is 1. The number of carboxylic acid groups (broad SMARTS) is 1. The first kappa shape index (κ1) is 19.2. The van der Waals surface area contributed by atoms with Crippen molar-refractivity contribution < 1.29 is 19.4 Å². The molecule has 0 heterocycles. The molecule has 0 amide bonds. The van der Waals surface area contributed by atoms with Gasteiger partial charge in [0.1, 0.15) is 11.5 Å². The Morgan fingerprint density at radius 2 is 1.96 bits per heavy atom. The van der Waals surface area contributed by atoms with E-state index in [0.717, 1.165) is 32.1 Å². The maximum absolute atomic E-state index is 12.3. The van der Waals surface area contributed by atoms with Gasteiger partial charge in [0.15, 0.2) is 0 Å². The molecular weight excluding hydrogens is 328 g/mol. The Labute approximate surface area is 156 Å². The number of carbonyl (C=O) groups excluding carboxylic acids is 1. The summed E-state index contributed by atoms with van der Waals surface area (Å²) < 4.78 is 5.49. The van der Waals surface area contributed by atoms with Gasteiger partial charge in [0, 0.05) is 6.92 Å². The average molecular weight is 360 g/mol. The van der Waals surface area contributed by atoms with Crippen LogP contribution in [0.5, 0.6) is 0 Å². The lowest BCUT2D eigenvalue weighted by atomic mass is 9.45. The maximum atomic E-state index is 12.3. The van der Waals surface area contributed by atoms with Gasteiger partial charge in [-0.05, 0) is 68.1 Å². The van der Waals surface area contributed by atoms with Crippen molar-refractivity contribution in [2.75, 3.05) is 0 Å². The fourth-order valence-corrected chi connectivity index (χ4v) is 6.17. The molecule has 3 rings (SSSR count). The minimum atomic E-state index is -1.04. The average Bonchev–Trinajstić information content (AvgIpc) is 2.57. The largest absolute Gasteiger partial charge is 0.481 e. The molecule has 1 N–H and O–H groups in total. The Hall–Kier alpha value is -1.58. The first-order valence-electron chi connectivity index (χ1n) is 9.80. The Bertz CT molecular complexity index is 665. The molecule has 0 radical (unpaired) electrons. The summed E-state index contributed by atoms with van der Waals surface area (Å²) in [6, 6.07) is 0. The van der Waals surface area contributed by atoms with Crippen LogP contribution in [0.4, 0.5) is 0 Å². The van der Waals surface area contributed by atoms with Crippen molar-refractivity contribution in [3.8, 4) is 0 Å². The first-order chi connectivity index (χ1) is 12.1. The second kappa shape index (κ2) is 6.24. The minimum absolute atomic E-state index is 0.0209. The smallest absolute Gasteiger partial charge is 0.313 e. The summed E-state index contributed by atoms with van der Waals surface area (Å²) in [5.74, 6) is -0.834. The highest BCUT2D eigenvalue weighted by Crippen LogP contribution is 2.64. The number of esters is 1. The van der Waals surface area contributed by atoms with Crippen LogP contribution < -0.4 is 0 Å². The highest BCUT2D eigenvalue weighted by molar-refractivity contribution is 5.77. The minimum Gasteiger partial charge on any atom is -0.481 e. The molecule has 2 fully saturated rings. The molecule has 0 saturated heterocycles. The summed E-state index contributed by atoms with van der Waals surface area (Å²) in [4.78, 5) is 23.9. The molecule has 0 unspecified atom stereocenters. The van der Waals surface area contributed by atoms with Crippen LogP contribution in [0.2, 0.25) is 0 Å². The fraction of sp³-hybridized carbons (Fsp3) is 0.727. The van der Waals surface area contributed by atoms with Gasteiger partial charge in [-0.2, -0.15) is 0 Å². The molecule has 3 aliphatic carbocycles. The lowest BCUT2D eigenvalue weighted by molar-refractivity contribution is -0.193. The van der Waals surface area contributed by atoms with Crippen LogP contribution >= 0.6 is 0 Å². The zero-order valence-electron chi connectivity index (χ0n) is 16.5. The summed E-state index contributed by atoms with van der Waals surface area (Å²) >= 11 is 0. The Morgan fingerprint density at radius 1 is 1.27 bits per heavy atom. The molecule has 0 aromatic heterocycles. The van der Waals surface area contributed by atoms with Crippen LogP contribution in [0.25, 0.3) is 0 Å². The van der Waals surface area contributed by atoms with Crippen molar-refractivity contribution in [2.45, 2.75) is 72.3 Å². The number of fused-ring (bicyclic) bond motifs is 3. The highest BCUT2D eigenvalue weighted by Gasteiger charge is 2.62. The van der Waals surface area contributed by atoms with Crippen molar-refractivity contribution in [3.05, 3.63) is 24.3 Å². The van der Waals surface area contributed by atoms with Gasteiger partial charge >= 0.3 is 11.9 Å². The van der Waals surface area contributed by atoms with Crippen molar-refractivity contribution in [1.29, 1.82) is 0 Å². The Morgan fingerprint density at radius 3 is 2.54 bits per heavy atom. The summed E-state index contributed by atoms with van der Waals surface area (Å²) in [6.45, 7) is 11.7. The van der Waals surface area contributed by atoms with E-state index >= 15 is 0 Å². The van der Waals surface area contributed by atoms with Crippen LogP contribution in [0, 0.1) is 28.1 Å². The highest BCUT2D eigenvalue weighted by atomic mass is 16.5. The molecule has 4 nitrogen and oxygen atoms in total. The van der Waals surface area contributed by atoms with Crippen LogP contribution in [0.3, 0.4) is 0 Å². The van der Waals surface area contributed by atoms with Gasteiger partial charge < -0.3 is 9.84 Å². The van der Waals surface area contributed by atoms with Crippen LogP contribution in [0.15, 0.2) is 24.3 Å². The molecule has 3 aliphatic rings. The van der Waals surface area contributed by atoms with Gasteiger partial charge in [0.05, 0.1) is 0 Å². The summed E-state index contributed by atoms with van der Waals surface area (Å²) in [5, 5.41) is 10.1. The standard InChI is InChI=1S/C22H32O4/c1-6-20(3)11-9-16-15(13-20)7-8-17-21(16,4)12-10-18(26-14(2)23)22(17,5)19(24)25/h6-7,16-18H,1,8-13H2,2-5H3,(H,24,25)/t16-,17+,18-,20-,21+,22+/m0/s1. The van der Waals surface area contributed by atoms with E-state index in [1.54, 1.807) is 6.92 Å². The van der Waals surface area contributed by atoms with Crippen LogP contribution in [-0.2, 0) is 14.3 Å². The molecule has 0 aromatic carbocycles. The third-order valence-corrected chi connectivity index (χ3v) is 7.87. The van der Waals surface area contributed by atoms with E-state index in [2.05, 4.69) is 32.6 Å². The number of aliphatic carboxylic acids is 1. The quantitative estimate of drug-likeness (QED) is 0.583. The number of allylic oxidation sites excluding steroid dienone is 3. The molecular formula is C22H32O4. The van der Waals surface area contributed by atoms with Gasteiger partial charge in [0.25, 0.3) is 0 Å². The normalized spacial score (nSPS) is 44.9. The number of carbonyl (C=O) groups is 2. The van der Waals surface area contributed by atoms with E-state index in [4.69, 9.17) is 4.74 Å².